The molecule has 0 atom stereocenters. The Hall–Kier alpha value is -2.75. The van der Waals surface area contributed by atoms with Gasteiger partial charge in [-0.15, -0.1) is 0 Å². The van der Waals surface area contributed by atoms with Crippen molar-refractivity contribution >= 4 is 22.8 Å². The van der Waals surface area contributed by atoms with Crippen molar-refractivity contribution in [3.8, 4) is 5.75 Å². The lowest BCUT2D eigenvalue weighted by atomic mass is 10.0. The van der Waals surface area contributed by atoms with E-state index in [4.69, 9.17) is 0 Å². The minimum absolute atomic E-state index is 0.200. The van der Waals surface area contributed by atoms with E-state index < -0.39 is 0 Å². The van der Waals surface area contributed by atoms with E-state index in [1.54, 1.807) is 30.9 Å². The van der Waals surface area contributed by atoms with Crippen LogP contribution in [0.1, 0.15) is 5.56 Å². The fourth-order valence-corrected chi connectivity index (χ4v) is 1.91. The first kappa shape index (κ1) is 11.3. The van der Waals surface area contributed by atoms with Crippen LogP contribution in [0.2, 0.25) is 0 Å². The van der Waals surface area contributed by atoms with Crippen molar-refractivity contribution in [2.45, 2.75) is 0 Å². The lowest BCUT2D eigenvalue weighted by Crippen LogP contribution is -1.86. The normalized spacial score (nSPS) is 11.2. The number of aromatic nitrogens is 2. The molecule has 19 heavy (non-hydrogen) atoms. The molecule has 0 bridgehead atoms. The van der Waals surface area contributed by atoms with Crippen molar-refractivity contribution in [3.05, 3.63) is 60.6 Å². The molecule has 0 aliphatic rings. The SMILES string of the molecule is Oc1ccc2ccccc2c1C=Nc1cnccn1. The van der Waals surface area contributed by atoms with E-state index in [1.807, 2.05) is 30.3 Å². The van der Waals surface area contributed by atoms with Gasteiger partial charge in [0.25, 0.3) is 0 Å². The first-order valence-electron chi connectivity index (χ1n) is 5.85. The van der Waals surface area contributed by atoms with Crippen LogP contribution in [0.25, 0.3) is 10.8 Å². The number of phenols is 1. The molecule has 3 rings (SSSR count). The summed E-state index contributed by atoms with van der Waals surface area (Å²) in [7, 11) is 0. The highest BCUT2D eigenvalue weighted by Crippen LogP contribution is 2.25. The topological polar surface area (TPSA) is 58.4 Å². The first-order chi connectivity index (χ1) is 9.34. The van der Waals surface area contributed by atoms with E-state index >= 15 is 0 Å². The monoisotopic (exact) mass is 249 g/mol. The summed E-state index contributed by atoms with van der Waals surface area (Å²) in [6.45, 7) is 0. The van der Waals surface area contributed by atoms with Crippen molar-refractivity contribution in [2.75, 3.05) is 0 Å². The average molecular weight is 249 g/mol. The van der Waals surface area contributed by atoms with Gasteiger partial charge in [-0.25, -0.2) is 9.98 Å². The van der Waals surface area contributed by atoms with Crippen LogP contribution in [0, 0.1) is 0 Å². The van der Waals surface area contributed by atoms with Gasteiger partial charge in [0.15, 0.2) is 5.82 Å². The minimum atomic E-state index is 0.200. The number of fused-ring (bicyclic) bond motifs is 1. The molecule has 2 aromatic carbocycles. The summed E-state index contributed by atoms with van der Waals surface area (Å²) >= 11 is 0. The van der Waals surface area contributed by atoms with Crippen LogP contribution in [0.3, 0.4) is 0 Å². The molecule has 0 saturated heterocycles. The highest BCUT2D eigenvalue weighted by atomic mass is 16.3. The predicted molar refractivity (Wildman–Crippen MR) is 74.9 cm³/mol. The second kappa shape index (κ2) is 4.86. The Morgan fingerprint density at radius 3 is 2.79 bits per heavy atom. The number of phenolic OH excluding ortho intramolecular Hbond substituents is 1. The zero-order valence-corrected chi connectivity index (χ0v) is 10.1. The van der Waals surface area contributed by atoms with Crippen molar-refractivity contribution in [1.82, 2.24) is 9.97 Å². The molecule has 0 fully saturated rings. The van der Waals surface area contributed by atoms with Crippen LogP contribution in [0.4, 0.5) is 5.82 Å². The summed E-state index contributed by atoms with van der Waals surface area (Å²) < 4.78 is 0. The van der Waals surface area contributed by atoms with Crippen molar-refractivity contribution in [1.29, 1.82) is 0 Å². The lowest BCUT2D eigenvalue weighted by Gasteiger charge is -2.04. The second-order valence-electron chi connectivity index (χ2n) is 4.04. The van der Waals surface area contributed by atoms with Crippen LogP contribution in [-0.4, -0.2) is 21.3 Å². The number of aromatic hydroxyl groups is 1. The summed E-state index contributed by atoms with van der Waals surface area (Å²) in [5.74, 6) is 0.709. The molecule has 1 N–H and O–H groups in total. The van der Waals surface area contributed by atoms with Gasteiger partial charge in [0.2, 0.25) is 0 Å². The van der Waals surface area contributed by atoms with Crippen LogP contribution < -0.4 is 0 Å². The molecular formula is C15H11N3O. The summed E-state index contributed by atoms with van der Waals surface area (Å²) in [6, 6.07) is 11.4. The molecule has 0 amide bonds. The van der Waals surface area contributed by atoms with E-state index in [2.05, 4.69) is 15.0 Å². The van der Waals surface area contributed by atoms with Gasteiger partial charge in [0, 0.05) is 24.2 Å². The van der Waals surface area contributed by atoms with E-state index in [0.717, 1.165) is 10.8 Å². The number of aliphatic imine (C=N–C) groups is 1. The quantitative estimate of drug-likeness (QED) is 0.710. The summed E-state index contributed by atoms with van der Waals surface area (Å²) in [5, 5.41) is 12.0. The molecule has 3 aromatic rings. The smallest absolute Gasteiger partial charge is 0.170 e. The summed E-state index contributed by atoms with van der Waals surface area (Å²) in [5.41, 5.74) is 0.684. The molecule has 4 nitrogen and oxygen atoms in total. The molecule has 0 aliphatic carbocycles. The first-order valence-corrected chi connectivity index (χ1v) is 5.85. The Morgan fingerprint density at radius 2 is 1.95 bits per heavy atom. The Bertz CT molecular complexity index is 739. The van der Waals surface area contributed by atoms with E-state index in [0.29, 0.717) is 11.4 Å². The number of hydrogen-bond acceptors (Lipinski definition) is 4. The van der Waals surface area contributed by atoms with Crippen molar-refractivity contribution in [3.63, 3.8) is 0 Å². The predicted octanol–water partition coefficient (Wildman–Crippen LogP) is 3.09. The van der Waals surface area contributed by atoms with E-state index in [-0.39, 0.29) is 5.75 Å². The number of nitrogens with zero attached hydrogens (tertiary/aromatic N) is 3. The molecule has 1 aromatic heterocycles. The van der Waals surface area contributed by atoms with Gasteiger partial charge in [0.1, 0.15) is 5.75 Å². The standard InChI is InChI=1S/C15H11N3O/c19-14-6-5-11-3-1-2-4-12(11)13(14)9-18-15-10-16-7-8-17-15/h1-10,19H. The van der Waals surface area contributed by atoms with E-state index in [1.165, 1.54) is 0 Å². The van der Waals surface area contributed by atoms with Gasteiger partial charge in [-0.05, 0) is 16.8 Å². The summed E-state index contributed by atoms with van der Waals surface area (Å²) in [4.78, 5) is 12.2. The zero-order valence-electron chi connectivity index (χ0n) is 10.1. The van der Waals surface area contributed by atoms with Crippen LogP contribution in [-0.2, 0) is 0 Å². The Kier molecular flexibility index (Phi) is 2.90. The third-order valence-corrected chi connectivity index (χ3v) is 2.82. The fraction of sp³-hybridized carbons (Fsp3) is 0. The fourth-order valence-electron chi connectivity index (χ4n) is 1.91. The molecule has 0 saturated carbocycles. The van der Waals surface area contributed by atoms with Crippen molar-refractivity contribution < 1.29 is 5.11 Å². The molecular weight excluding hydrogens is 238 g/mol. The maximum Gasteiger partial charge on any atom is 0.170 e. The molecule has 0 unspecified atom stereocenters. The van der Waals surface area contributed by atoms with Gasteiger partial charge >= 0.3 is 0 Å². The Labute approximate surface area is 110 Å². The molecule has 0 spiro atoms. The largest absolute Gasteiger partial charge is 0.507 e. The van der Waals surface area contributed by atoms with Crippen LogP contribution in [0.5, 0.6) is 5.75 Å². The zero-order chi connectivity index (χ0) is 13.1. The highest BCUT2D eigenvalue weighted by molar-refractivity contribution is 6.02. The highest BCUT2D eigenvalue weighted by Gasteiger charge is 2.04. The van der Waals surface area contributed by atoms with Gasteiger partial charge < -0.3 is 5.11 Å². The molecule has 4 heteroatoms. The Balaban J connectivity index is 2.10. The Morgan fingerprint density at radius 1 is 1.05 bits per heavy atom. The number of rotatable bonds is 2. The molecule has 0 radical (unpaired) electrons. The maximum atomic E-state index is 9.96. The molecule has 92 valence electrons. The average Bonchev–Trinajstić information content (AvgIpc) is 2.47. The second-order valence-corrected chi connectivity index (χ2v) is 4.04. The number of hydrogen-bond donors (Lipinski definition) is 1. The van der Waals surface area contributed by atoms with E-state index in [9.17, 15) is 5.11 Å². The third kappa shape index (κ3) is 2.28. The summed E-state index contributed by atoms with van der Waals surface area (Å²) in [6.07, 6.45) is 6.35. The maximum absolute atomic E-state index is 9.96. The van der Waals surface area contributed by atoms with Gasteiger partial charge in [0.05, 0.1) is 6.20 Å². The van der Waals surface area contributed by atoms with Gasteiger partial charge in [-0.3, -0.25) is 4.98 Å². The minimum Gasteiger partial charge on any atom is -0.507 e. The third-order valence-electron chi connectivity index (χ3n) is 2.82. The van der Waals surface area contributed by atoms with Crippen LogP contribution in [0.15, 0.2) is 60.0 Å². The van der Waals surface area contributed by atoms with Gasteiger partial charge in [-0.2, -0.15) is 0 Å². The van der Waals surface area contributed by atoms with Crippen molar-refractivity contribution in [2.24, 2.45) is 4.99 Å². The number of benzene rings is 2. The van der Waals surface area contributed by atoms with Gasteiger partial charge in [-0.1, -0.05) is 30.3 Å². The lowest BCUT2D eigenvalue weighted by molar-refractivity contribution is 0.475. The molecule has 0 aliphatic heterocycles. The van der Waals surface area contributed by atoms with Crippen LogP contribution >= 0.6 is 0 Å². The molecule has 1 heterocycles.